The summed E-state index contributed by atoms with van der Waals surface area (Å²) in [5, 5.41) is 34.4. The number of para-hydroxylation sites is 4. The van der Waals surface area contributed by atoms with E-state index in [1.807, 2.05) is 0 Å². The maximum absolute atomic E-state index is 6.40. The summed E-state index contributed by atoms with van der Waals surface area (Å²) in [6.07, 6.45) is 0. The van der Waals surface area contributed by atoms with Gasteiger partial charge in [0.2, 0.25) is 0 Å². The zero-order valence-electron chi connectivity index (χ0n) is 81.3. The average molecular weight is 1860 g/mol. The van der Waals surface area contributed by atoms with Crippen molar-refractivity contribution in [3.05, 3.63) is 460 Å². The Morgan fingerprint density at radius 3 is 0.740 bits per heavy atom. The van der Waals surface area contributed by atoms with E-state index < -0.39 is 0 Å². The van der Waals surface area contributed by atoms with Crippen molar-refractivity contribution < 1.29 is 8.83 Å². The molecule has 24 aromatic carbocycles. The summed E-state index contributed by atoms with van der Waals surface area (Å²) in [4.78, 5) is 0. The van der Waals surface area contributed by atoms with E-state index >= 15 is 0 Å². The van der Waals surface area contributed by atoms with Crippen LogP contribution >= 0.6 is 0 Å². The van der Waals surface area contributed by atoms with Gasteiger partial charge in [-0.25, -0.2) is 0 Å². The standard InChI is InChI=1S/C72H49N3.C68H43NO2/c1-72(2,3)54-30-26-44(27-31-54)53-40-63-61-38-49-24-22-45(47-28-32-67-59(36-47)57-18-10-12-20-65(57)73(67)55-14-6-4-7-15-55)34-51(49)42-69(61)75-70-43-52-35-46(23-25-50(52)39-62(70)64(41-53)71(63)75)48-29-33-68-60(37-48)58-19-11-13-21-66(58)74(68)56-16-8-5-9-17-56;1-68(2,3)52-20-16-38(17-21-52)51-32-59-53-26-47-14-12-43(45-18-22-63-55(30-45)57-28-39-8-4-6-10-41(39)36-65(57)70-63)24-49(47)34-61(53)69-62-35-50-25-44(13-15-48(50)27-54(62)60(33-51)67(59)69)46-19-23-64-56(31-46)58-29-40-9-5-7-11-42(40)37-66(58)71-64/h4-43H,1-3H3;4-37H,1-3H3. The van der Waals surface area contributed by atoms with Gasteiger partial charge in [0.05, 0.1) is 55.2 Å². The molecule has 0 saturated carbocycles. The van der Waals surface area contributed by atoms with Crippen molar-refractivity contribution in [1.29, 1.82) is 0 Å². The molecule has 0 fully saturated rings. The number of furan rings is 2. The van der Waals surface area contributed by atoms with E-state index in [-0.39, 0.29) is 10.8 Å². The Morgan fingerprint density at radius 1 is 0.151 bits per heavy atom. The molecular weight excluding hydrogens is 1770 g/mol. The highest BCUT2D eigenvalue weighted by Gasteiger charge is 2.28. The second-order valence-corrected chi connectivity index (χ2v) is 42.7. The molecule has 0 aliphatic rings. The van der Waals surface area contributed by atoms with Gasteiger partial charge in [-0.05, 0) is 360 Å². The fraction of sp³-hybridized carbons (Fsp3) is 0.0571. The molecule has 684 valence electrons. The summed E-state index contributed by atoms with van der Waals surface area (Å²) < 4.78 is 22.7. The molecule has 0 bridgehead atoms. The zero-order chi connectivity index (χ0) is 96.5. The number of hydrogen-bond acceptors (Lipinski definition) is 2. The molecule has 8 aromatic heterocycles. The van der Waals surface area contributed by atoms with Crippen LogP contribution in [0.4, 0.5) is 0 Å². The van der Waals surface area contributed by atoms with E-state index in [1.165, 1.54) is 274 Å². The molecule has 32 rings (SSSR count). The quantitative estimate of drug-likeness (QED) is 0.152. The van der Waals surface area contributed by atoms with Crippen LogP contribution in [0.1, 0.15) is 52.7 Å². The first kappa shape index (κ1) is 82.4. The Bertz CT molecular complexity index is 10700. The maximum Gasteiger partial charge on any atom is 0.136 e. The molecule has 0 aliphatic heterocycles. The molecule has 146 heavy (non-hydrogen) atoms. The summed E-state index contributed by atoms with van der Waals surface area (Å²) in [7, 11) is 0. The topological polar surface area (TPSA) is 45.0 Å². The van der Waals surface area contributed by atoms with Crippen molar-refractivity contribution >= 4 is 228 Å². The fourth-order valence-electron chi connectivity index (χ4n) is 24.7. The molecule has 0 atom stereocenters. The van der Waals surface area contributed by atoms with Crippen LogP contribution in [-0.4, -0.2) is 17.9 Å². The second kappa shape index (κ2) is 30.6. The average Bonchev–Trinajstić information content (AvgIpc) is 1.53. The van der Waals surface area contributed by atoms with Crippen molar-refractivity contribution in [1.82, 2.24) is 17.9 Å². The Labute approximate surface area is 839 Å². The smallest absolute Gasteiger partial charge is 0.136 e. The van der Waals surface area contributed by atoms with Crippen LogP contribution in [0.3, 0.4) is 0 Å². The third-order valence-corrected chi connectivity index (χ3v) is 32.2. The van der Waals surface area contributed by atoms with Crippen LogP contribution in [0, 0.1) is 0 Å². The van der Waals surface area contributed by atoms with Gasteiger partial charge in [0.1, 0.15) is 22.3 Å². The van der Waals surface area contributed by atoms with Gasteiger partial charge in [-0.15, -0.1) is 0 Å². The van der Waals surface area contributed by atoms with Crippen LogP contribution in [0.25, 0.3) is 306 Å². The summed E-state index contributed by atoms with van der Waals surface area (Å²) in [6.45, 7) is 13.7. The highest BCUT2D eigenvalue weighted by atomic mass is 16.3. The predicted octanol–water partition coefficient (Wildman–Crippen LogP) is 39.2. The molecule has 0 aliphatic carbocycles. The lowest BCUT2D eigenvalue weighted by atomic mass is 9.86. The van der Waals surface area contributed by atoms with Gasteiger partial charge < -0.3 is 26.8 Å². The first-order chi connectivity index (χ1) is 71.5. The highest BCUT2D eigenvalue weighted by Crippen LogP contribution is 2.51. The van der Waals surface area contributed by atoms with Crippen molar-refractivity contribution in [3.63, 3.8) is 0 Å². The zero-order valence-corrected chi connectivity index (χ0v) is 81.3. The number of hydrogen-bond donors (Lipinski definition) is 0. The monoisotopic (exact) mass is 1860 g/mol. The van der Waals surface area contributed by atoms with Gasteiger partial charge in [0.25, 0.3) is 0 Å². The van der Waals surface area contributed by atoms with Crippen LogP contribution in [0.5, 0.6) is 0 Å². The number of benzene rings is 24. The first-order valence-corrected chi connectivity index (χ1v) is 50.9. The van der Waals surface area contributed by atoms with Gasteiger partial charge >= 0.3 is 0 Å². The Hall–Kier alpha value is -18.4. The normalized spacial score (nSPS) is 12.6. The SMILES string of the molecule is CC(C)(C)c1ccc(-c2cc3c4cc5ccc(-c6ccc7c(c6)c6ccccc6n7-c6ccccc6)cc5cc4n4c5cc6cc(-c7ccc8c(c7)c7ccccc7n8-c7ccccc7)ccc6cc5c(c2)c34)cc1.CC(C)(C)c1ccc(-c2cc3c4cc5ccc(-c6ccc7oc8cc9ccccc9cc8c7c6)cc5cc4n4c5cc6cc(-c7ccc8oc9cc%10ccccc%10cc9c8c7)ccc6cc5c(c2)c34)cc1. The predicted molar refractivity (Wildman–Crippen MR) is 620 cm³/mol. The highest BCUT2D eigenvalue weighted by molar-refractivity contribution is 6.30. The number of rotatable bonds is 8. The summed E-state index contributed by atoms with van der Waals surface area (Å²) in [5.74, 6) is 0. The largest absolute Gasteiger partial charge is 0.456 e. The molecule has 0 unspecified atom stereocenters. The minimum atomic E-state index is 0.0792. The van der Waals surface area contributed by atoms with Gasteiger partial charge in [-0.3, -0.25) is 0 Å². The van der Waals surface area contributed by atoms with Gasteiger partial charge in [-0.2, -0.15) is 0 Å². The van der Waals surface area contributed by atoms with E-state index in [9.17, 15) is 0 Å². The molecule has 6 heteroatoms. The molecule has 8 heterocycles. The first-order valence-electron chi connectivity index (χ1n) is 50.9. The number of fused-ring (bicyclic) bond motifs is 30. The van der Waals surface area contributed by atoms with Crippen LogP contribution in [0.2, 0.25) is 0 Å². The van der Waals surface area contributed by atoms with Gasteiger partial charge in [0, 0.05) is 97.6 Å². The number of nitrogens with zero attached hydrogens (tertiary/aromatic N) is 4. The Morgan fingerprint density at radius 2 is 0.397 bits per heavy atom. The third kappa shape index (κ3) is 12.6. The Kier molecular flexibility index (Phi) is 17.3. The lowest BCUT2D eigenvalue weighted by molar-refractivity contribution is 0.590. The summed E-state index contributed by atoms with van der Waals surface area (Å²) in [6, 6.07) is 168. The molecule has 0 spiro atoms. The lowest BCUT2D eigenvalue weighted by Gasteiger charge is -2.19. The Balaban J connectivity index is 0.000000133. The minimum Gasteiger partial charge on any atom is -0.456 e. The van der Waals surface area contributed by atoms with Crippen LogP contribution in [-0.2, 0) is 10.8 Å². The van der Waals surface area contributed by atoms with Crippen molar-refractivity contribution in [2.24, 2.45) is 0 Å². The number of aromatic nitrogens is 4. The van der Waals surface area contributed by atoms with E-state index in [2.05, 4.69) is 508 Å². The third-order valence-electron chi connectivity index (χ3n) is 32.2. The molecular formula is C140H92N4O2. The maximum atomic E-state index is 6.40. The molecule has 6 nitrogen and oxygen atoms in total. The summed E-state index contributed by atoms with van der Waals surface area (Å²) in [5.41, 5.74) is 35.6. The van der Waals surface area contributed by atoms with E-state index in [0.717, 1.165) is 43.9 Å². The van der Waals surface area contributed by atoms with Crippen LogP contribution in [0.15, 0.2) is 458 Å². The fourth-order valence-corrected chi connectivity index (χ4v) is 24.7. The minimum absolute atomic E-state index is 0.0792. The lowest BCUT2D eigenvalue weighted by Crippen LogP contribution is -2.10. The van der Waals surface area contributed by atoms with Gasteiger partial charge in [0.15, 0.2) is 0 Å². The molecule has 0 saturated heterocycles. The molecule has 32 aromatic rings. The van der Waals surface area contributed by atoms with Crippen LogP contribution < -0.4 is 0 Å². The van der Waals surface area contributed by atoms with Crippen molar-refractivity contribution in [2.75, 3.05) is 0 Å². The van der Waals surface area contributed by atoms with E-state index in [0.29, 0.717) is 0 Å². The van der Waals surface area contributed by atoms with E-state index in [4.69, 9.17) is 8.83 Å². The molecule has 0 radical (unpaired) electrons. The van der Waals surface area contributed by atoms with Crippen molar-refractivity contribution in [2.45, 2.75) is 52.4 Å². The van der Waals surface area contributed by atoms with Crippen molar-refractivity contribution in [3.8, 4) is 78.1 Å². The second-order valence-electron chi connectivity index (χ2n) is 42.7. The summed E-state index contributed by atoms with van der Waals surface area (Å²) >= 11 is 0. The van der Waals surface area contributed by atoms with Gasteiger partial charge in [-0.1, -0.05) is 284 Å². The molecule has 0 amide bonds. The van der Waals surface area contributed by atoms with E-state index in [1.54, 1.807) is 0 Å². The molecule has 0 N–H and O–H groups in total.